The summed E-state index contributed by atoms with van der Waals surface area (Å²) in [6.07, 6.45) is 2.42. The molecule has 1 fully saturated rings. The molecule has 2 aliphatic rings. The Bertz CT molecular complexity index is 492. The minimum absolute atomic E-state index is 0.112. The van der Waals surface area contributed by atoms with E-state index in [0.29, 0.717) is 0 Å². The van der Waals surface area contributed by atoms with Crippen molar-refractivity contribution in [2.45, 2.75) is 51.7 Å². The number of ether oxygens (including phenoxy) is 1. The molecule has 0 bridgehead atoms. The Morgan fingerprint density at radius 1 is 1.10 bits per heavy atom. The van der Waals surface area contributed by atoms with Crippen molar-refractivity contribution in [3.05, 3.63) is 23.8 Å². The van der Waals surface area contributed by atoms with Gasteiger partial charge >= 0.3 is 0 Å². The van der Waals surface area contributed by atoms with Crippen LogP contribution < -0.4 is 10.2 Å². The normalized spacial score (nSPS) is 23.9. The first-order valence-electron chi connectivity index (χ1n) is 7.67. The molecule has 3 rings (SSSR count). The van der Waals surface area contributed by atoms with Gasteiger partial charge in [-0.3, -0.25) is 0 Å². The summed E-state index contributed by atoms with van der Waals surface area (Å²) < 4.78 is 6.19. The van der Waals surface area contributed by atoms with E-state index in [4.69, 9.17) is 4.74 Å². The van der Waals surface area contributed by atoms with Crippen LogP contribution in [0.3, 0.4) is 0 Å². The van der Waals surface area contributed by atoms with Crippen molar-refractivity contribution >= 4 is 11.4 Å². The highest BCUT2D eigenvalue weighted by Gasteiger charge is 2.39. The van der Waals surface area contributed by atoms with E-state index in [1.807, 2.05) is 0 Å². The second-order valence-electron chi connectivity index (χ2n) is 7.32. The van der Waals surface area contributed by atoms with E-state index in [1.54, 1.807) is 0 Å². The predicted molar refractivity (Wildman–Crippen MR) is 84.7 cm³/mol. The summed E-state index contributed by atoms with van der Waals surface area (Å²) in [4.78, 5) is 2.49. The van der Waals surface area contributed by atoms with Crippen LogP contribution in [0.25, 0.3) is 0 Å². The molecule has 1 aromatic carbocycles. The van der Waals surface area contributed by atoms with Gasteiger partial charge in [0, 0.05) is 19.6 Å². The minimum atomic E-state index is -0.112. The quantitative estimate of drug-likeness (QED) is 0.849. The second-order valence-corrected chi connectivity index (χ2v) is 7.32. The molecular weight excluding hydrogens is 248 g/mol. The van der Waals surface area contributed by atoms with Crippen LogP contribution in [0, 0.1) is 0 Å². The molecule has 0 unspecified atom stereocenters. The van der Waals surface area contributed by atoms with Gasteiger partial charge in [0.05, 0.1) is 22.6 Å². The maximum absolute atomic E-state index is 6.19. The molecule has 0 spiro atoms. The summed E-state index contributed by atoms with van der Waals surface area (Å²) in [7, 11) is 0. The monoisotopic (exact) mass is 274 g/mol. The Labute approximate surface area is 122 Å². The molecular formula is C17H26N2O. The van der Waals surface area contributed by atoms with Gasteiger partial charge < -0.3 is 15.0 Å². The third kappa shape index (κ3) is 2.64. The van der Waals surface area contributed by atoms with E-state index >= 15 is 0 Å². The molecule has 0 radical (unpaired) electrons. The molecule has 0 aromatic heterocycles. The van der Waals surface area contributed by atoms with E-state index in [1.165, 1.54) is 29.8 Å². The summed E-state index contributed by atoms with van der Waals surface area (Å²) >= 11 is 0. The number of nitrogens with zero attached hydrogens (tertiary/aromatic N) is 1. The first kappa shape index (κ1) is 13.7. The fraction of sp³-hybridized carbons (Fsp3) is 0.647. The number of rotatable bonds is 1. The summed E-state index contributed by atoms with van der Waals surface area (Å²) in [6.45, 7) is 11.7. The van der Waals surface area contributed by atoms with E-state index in [-0.39, 0.29) is 11.2 Å². The molecule has 0 amide bonds. The van der Waals surface area contributed by atoms with Crippen LogP contribution in [-0.4, -0.2) is 30.8 Å². The summed E-state index contributed by atoms with van der Waals surface area (Å²) in [5, 5.41) is 3.60. The molecule has 0 saturated carbocycles. The van der Waals surface area contributed by atoms with Gasteiger partial charge in [-0.05, 0) is 52.2 Å². The summed E-state index contributed by atoms with van der Waals surface area (Å²) in [5.74, 6) is 0. The number of hydrogen-bond acceptors (Lipinski definition) is 3. The Morgan fingerprint density at radius 3 is 2.50 bits per heavy atom. The lowest BCUT2D eigenvalue weighted by Crippen LogP contribution is -2.57. The van der Waals surface area contributed by atoms with Crippen LogP contribution in [-0.2, 0) is 11.2 Å². The number of fused-ring (bicyclic) bond motifs is 1. The molecule has 1 aromatic rings. The lowest BCUT2D eigenvalue weighted by molar-refractivity contribution is -0.133. The standard InChI is InChI=1S/C17H26N2O/c1-16(2)11-19(12-17(3,4)20-16)14-9-5-7-13-8-6-10-18-15(13)14/h5,7,9,18H,6,8,10-12H2,1-4H3. The number of nitrogens with one attached hydrogen (secondary N) is 1. The van der Waals surface area contributed by atoms with Crippen molar-refractivity contribution in [2.75, 3.05) is 29.9 Å². The molecule has 3 nitrogen and oxygen atoms in total. The Balaban J connectivity index is 1.96. The number of hydrogen-bond donors (Lipinski definition) is 1. The summed E-state index contributed by atoms with van der Waals surface area (Å²) in [6, 6.07) is 6.69. The first-order valence-corrected chi connectivity index (χ1v) is 7.67. The van der Waals surface area contributed by atoms with Crippen LogP contribution >= 0.6 is 0 Å². The topological polar surface area (TPSA) is 24.5 Å². The van der Waals surface area contributed by atoms with E-state index in [9.17, 15) is 0 Å². The van der Waals surface area contributed by atoms with Crippen molar-refractivity contribution in [3.63, 3.8) is 0 Å². The van der Waals surface area contributed by atoms with Gasteiger partial charge in [-0.25, -0.2) is 0 Å². The molecule has 3 heteroatoms. The molecule has 0 atom stereocenters. The van der Waals surface area contributed by atoms with Crippen LogP contribution in [0.2, 0.25) is 0 Å². The molecule has 0 aliphatic carbocycles. The zero-order chi connectivity index (χ0) is 14.4. The Hall–Kier alpha value is -1.22. The Morgan fingerprint density at radius 2 is 1.80 bits per heavy atom. The van der Waals surface area contributed by atoms with Gasteiger partial charge in [-0.15, -0.1) is 0 Å². The molecule has 20 heavy (non-hydrogen) atoms. The van der Waals surface area contributed by atoms with E-state index in [0.717, 1.165) is 19.6 Å². The maximum Gasteiger partial charge on any atom is 0.0808 e. The lowest BCUT2D eigenvalue weighted by Gasteiger charge is -2.48. The highest BCUT2D eigenvalue weighted by Crippen LogP contribution is 2.37. The van der Waals surface area contributed by atoms with Gasteiger partial charge in [-0.1, -0.05) is 12.1 Å². The first-order chi connectivity index (χ1) is 9.36. The van der Waals surface area contributed by atoms with Gasteiger partial charge in [0.25, 0.3) is 0 Å². The fourth-order valence-electron chi connectivity index (χ4n) is 3.71. The number of aryl methyl sites for hydroxylation is 1. The summed E-state index contributed by atoms with van der Waals surface area (Å²) in [5.41, 5.74) is 3.91. The lowest BCUT2D eigenvalue weighted by atomic mass is 9.96. The van der Waals surface area contributed by atoms with E-state index < -0.39 is 0 Å². The number of morpholine rings is 1. The third-order valence-electron chi connectivity index (χ3n) is 4.09. The predicted octanol–water partition coefficient (Wildman–Crippen LogP) is 3.44. The zero-order valence-electron chi connectivity index (χ0n) is 13.1. The van der Waals surface area contributed by atoms with Crippen molar-refractivity contribution in [1.29, 1.82) is 0 Å². The highest BCUT2D eigenvalue weighted by atomic mass is 16.5. The average Bonchev–Trinajstić information content (AvgIpc) is 2.34. The molecule has 2 heterocycles. The molecule has 110 valence electrons. The van der Waals surface area contributed by atoms with Crippen LogP contribution in [0.4, 0.5) is 11.4 Å². The smallest absolute Gasteiger partial charge is 0.0808 e. The maximum atomic E-state index is 6.19. The van der Waals surface area contributed by atoms with Gasteiger partial charge in [0.15, 0.2) is 0 Å². The van der Waals surface area contributed by atoms with Crippen LogP contribution in [0.15, 0.2) is 18.2 Å². The largest absolute Gasteiger partial charge is 0.383 e. The SMILES string of the molecule is CC1(C)CN(c2cccc3c2NCCC3)CC(C)(C)O1. The molecule has 1 N–H and O–H groups in total. The van der Waals surface area contributed by atoms with Crippen LogP contribution in [0.5, 0.6) is 0 Å². The van der Waals surface area contributed by atoms with Gasteiger partial charge in [0.2, 0.25) is 0 Å². The number of benzene rings is 1. The zero-order valence-corrected chi connectivity index (χ0v) is 13.1. The van der Waals surface area contributed by atoms with E-state index in [2.05, 4.69) is 56.1 Å². The highest BCUT2D eigenvalue weighted by molar-refractivity contribution is 5.75. The van der Waals surface area contributed by atoms with Gasteiger partial charge in [0.1, 0.15) is 0 Å². The fourth-order valence-corrected chi connectivity index (χ4v) is 3.71. The van der Waals surface area contributed by atoms with Crippen LogP contribution in [0.1, 0.15) is 39.7 Å². The number of para-hydroxylation sites is 1. The molecule has 1 saturated heterocycles. The van der Waals surface area contributed by atoms with Crippen molar-refractivity contribution in [1.82, 2.24) is 0 Å². The van der Waals surface area contributed by atoms with Gasteiger partial charge in [-0.2, -0.15) is 0 Å². The number of anilines is 2. The molecule has 2 aliphatic heterocycles. The average molecular weight is 274 g/mol. The van der Waals surface area contributed by atoms with Crippen molar-refractivity contribution in [3.8, 4) is 0 Å². The minimum Gasteiger partial charge on any atom is -0.383 e. The second kappa shape index (κ2) is 4.66. The third-order valence-corrected chi connectivity index (χ3v) is 4.09. The van der Waals surface area contributed by atoms with Crippen molar-refractivity contribution < 1.29 is 4.74 Å². The van der Waals surface area contributed by atoms with Crippen molar-refractivity contribution in [2.24, 2.45) is 0 Å². The Kier molecular flexibility index (Phi) is 3.20.